The number of methoxy groups -OCH3 is 1. The molecule has 0 aliphatic carbocycles. The molecule has 1 atom stereocenters. The van der Waals surface area contributed by atoms with Gasteiger partial charge in [0.25, 0.3) is 5.91 Å². The first-order valence-corrected chi connectivity index (χ1v) is 7.49. The fourth-order valence-corrected chi connectivity index (χ4v) is 2.85. The molecule has 0 radical (unpaired) electrons. The maximum atomic E-state index is 12.6. The smallest absolute Gasteiger partial charge is 0.328 e. The molecule has 0 bridgehead atoms. The summed E-state index contributed by atoms with van der Waals surface area (Å²) < 4.78 is 4.75. The fraction of sp³-hybridized carbons (Fsp3) is 0.462. The first kappa shape index (κ1) is 16.3. The minimum Gasteiger partial charge on any atom is -0.467 e. The lowest BCUT2D eigenvalue weighted by molar-refractivity contribution is -0.147. The SMILES string of the molecule is COC(=O)C1CCCCN1C(=O)c1ncc(Cl)c(Cl)c1Cl. The Morgan fingerprint density at radius 1 is 1.29 bits per heavy atom. The number of hydrogen-bond donors (Lipinski definition) is 0. The van der Waals surface area contributed by atoms with Gasteiger partial charge in [-0.15, -0.1) is 0 Å². The molecule has 0 N–H and O–H groups in total. The average Bonchev–Trinajstić information content (AvgIpc) is 2.51. The van der Waals surface area contributed by atoms with Gasteiger partial charge >= 0.3 is 5.97 Å². The standard InChI is InChI=1S/C13H13Cl3N2O3/c1-21-13(20)8-4-2-3-5-18(8)12(19)11-10(16)9(15)7(14)6-17-11/h6,8H,2-5H2,1H3. The van der Waals surface area contributed by atoms with Gasteiger partial charge in [0.2, 0.25) is 0 Å². The third kappa shape index (κ3) is 3.25. The molecular formula is C13H13Cl3N2O3. The second-order valence-corrected chi connectivity index (χ2v) is 5.78. The van der Waals surface area contributed by atoms with Gasteiger partial charge in [0.1, 0.15) is 11.7 Å². The molecule has 1 aliphatic heterocycles. The van der Waals surface area contributed by atoms with E-state index in [0.29, 0.717) is 13.0 Å². The van der Waals surface area contributed by atoms with E-state index in [-0.39, 0.29) is 20.8 Å². The summed E-state index contributed by atoms with van der Waals surface area (Å²) in [5, 5.41) is 0.230. The van der Waals surface area contributed by atoms with Crippen molar-refractivity contribution in [1.29, 1.82) is 0 Å². The first-order valence-electron chi connectivity index (χ1n) is 6.35. The highest BCUT2D eigenvalue weighted by Crippen LogP contribution is 2.32. The lowest BCUT2D eigenvalue weighted by atomic mass is 10.0. The molecule has 2 rings (SSSR count). The van der Waals surface area contributed by atoms with E-state index in [1.165, 1.54) is 18.2 Å². The van der Waals surface area contributed by atoms with Crippen LogP contribution in [0.3, 0.4) is 0 Å². The molecule has 5 nitrogen and oxygen atoms in total. The zero-order valence-corrected chi connectivity index (χ0v) is 13.5. The Balaban J connectivity index is 2.33. The molecule has 21 heavy (non-hydrogen) atoms. The van der Waals surface area contributed by atoms with Crippen molar-refractivity contribution in [2.75, 3.05) is 13.7 Å². The molecule has 1 aliphatic rings. The largest absolute Gasteiger partial charge is 0.467 e. The molecule has 114 valence electrons. The minimum atomic E-state index is -0.622. The van der Waals surface area contributed by atoms with Crippen LogP contribution in [-0.2, 0) is 9.53 Å². The fourth-order valence-electron chi connectivity index (χ4n) is 2.28. The number of amides is 1. The highest BCUT2D eigenvalue weighted by molar-refractivity contribution is 6.48. The summed E-state index contributed by atoms with van der Waals surface area (Å²) >= 11 is 17.8. The van der Waals surface area contributed by atoms with E-state index in [9.17, 15) is 9.59 Å². The summed E-state index contributed by atoms with van der Waals surface area (Å²) in [4.78, 5) is 29.8. The zero-order chi connectivity index (χ0) is 15.6. The van der Waals surface area contributed by atoms with Crippen molar-refractivity contribution in [3.8, 4) is 0 Å². The summed E-state index contributed by atoms with van der Waals surface area (Å²) in [6.45, 7) is 0.441. The van der Waals surface area contributed by atoms with Crippen LogP contribution in [0.5, 0.6) is 0 Å². The molecule has 1 amide bonds. The summed E-state index contributed by atoms with van der Waals surface area (Å²) in [7, 11) is 1.30. The van der Waals surface area contributed by atoms with Crippen LogP contribution in [0.25, 0.3) is 0 Å². The highest BCUT2D eigenvalue weighted by atomic mass is 35.5. The van der Waals surface area contributed by atoms with Gasteiger partial charge in [0.15, 0.2) is 0 Å². The molecule has 2 heterocycles. The van der Waals surface area contributed by atoms with Crippen molar-refractivity contribution in [2.24, 2.45) is 0 Å². The molecule has 0 spiro atoms. The second kappa shape index (κ2) is 6.81. The van der Waals surface area contributed by atoms with E-state index in [1.807, 2.05) is 0 Å². The number of likely N-dealkylation sites (tertiary alicyclic amines) is 1. The number of piperidine rings is 1. The predicted molar refractivity (Wildman–Crippen MR) is 80.0 cm³/mol. The third-order valence-corrected chi connectivity index (χ3v) is 4.60. The Bertz CT molecular complexity index is 580. The van der Waals surface area contributed by atoms with Gasteiger partial charge in [-0.3, -0.25) is 4.79 Å². The van der Waals surface area contributed by atoms with Crippen molar-refractivity contribution >= 4 is 46.7 Å². The van der Waals surface area contributed by atoms with Crippen molar-refractivity contribution in [3.05, 3.63) is 27.0 Å². The van der Waals surface area contributed by atoms with Crippen LogP contribution in [0.2, 0.25) is 15.1 Å². The molecule has 1 fully saturated rings. The normalized spacial score (nSPS) is 18.5. The van der Waals surface area contributed by atoms with E-state index < -0.39 is 17.9 Å². The number of aromatic nitrogens is 1. The van der Waals surface area contributed by atoms with Crippen molar-refractivity contribution < 1.29 is 14.3 Å². The average molecular weight is 352 g/mol. The molecule has 1 aromatic heterocycles. The lowest BCUT2D eigenvalue weighted by Gasteiger charge is -2.33. The van der Waals surface area contributed by atoms with Crippen LogP contribution in [0.15, 0.2) is 6.20 Å². The van der Waals surface area contributed by atoms with Crippen molar-refractivity contribution in [1.82, 2.24) is 9.88 Å². The number of hydrogen-bond acceptors (Lipinski definition) is 4. The van der Waals surface area contributed by atoms with Crippen LogP contribution in [0, 0.1) is 0 Å². The minimum absolute atomic E-state index is 0.0108. The Hall–Kier alpha value is -1.04. The number of pyridine rings is 1. The van der Waals surface area contributed by atoms with Crippen LogP contribution < -0.4 is 0 Å². The quantitative estimate of drug-likeness (QED) is 0.768. The zero-order valence-electron chi connectivity index (χ0n) is 11.2. The van der Waals surface area contributed by atoms with E-state index in [1.54, 1.807) is 0 Å². The van der Waals surface area contributed by atoms with Crippen LogP contribution in [-0.4, -0.2) is 41.5 Å². The number of carbonyl (C=O) groups excluding carboxylic acids is 2. The third-order valence-electron chi connectivity index (χ3n) is 3.36. The van der Waals surface area contributed by atoms with Gasteiger partial charge in [-0.05, 0) is 19.3 Å². The van der Waals surface area contributed by atoms with Crippen LogP contribution in [0.1, 0.15) is 29.8 Å². The maximum Gasteiger partial charge on any atom is 0.328 e. The molecule has 1 unspecified atom stereocenters. The molecule has 1 aromatic rings. The van der Waals surface area contributed by atoms with E-state index in [4.69, 9.17) is 39.5 Å². The Kier molecular flexibility index (Phi) is 5.30. The van der Waals surface area contributed by atoms with Gasteiger partial charge < -0.3 is 9.64 Å². The number of rotatable bonds is 2. The van der Waals surface area contributed by atoms with Crippen LogP contribution >= 0.6 is 34.8 Å². The number of esters is 1. The Morgan fingerprint density at radius 3 is 2.67 bits per heavy atom. The highest BCUT2D eigenvalue weighted by Gasteiger charge is 2.35. The maximum absolute atomic E-state index is 12.6. The van der Waals surface area contributed by atoms with Crippen molar-refractivity contribution in [3.63, 3.8) is 0 Å². The van der Waals surface area contributed by atoms with Gasteiger partial charge in [0, 0.05) is 12.7 Å². The Morgan fingerprint density at radius 2 is 2.00 bits per heavy atom. The van der Waals surface area contributed by atoms with Crippen molar-refractivity contribution in [2.45, 2.75) is 25.3 Å². The molecular weight excluding hydrogens is 339 g/mol. The van der Waals surface area contributed by atoms with E-state index in [0.717, 1.165) is 12.8 Å². The monoisotopic (exact) mass is 350 g/mol. The summed E-state index contributed by atoms with van der Waals surface area (Å²) in [6, 6.07) is -0.622. The molecule has 1 saturated heterocycles. The summed E-state index contributed by atoms with van der Waals surface area (Å²) in [5.41, 5.74) is -0.0122. The summed E-state index contributed by atoms with van der Waals surface area (Å²) in [5.74, 6) is -0.895. The molecule has 0 aromatic carbocycles. The number of nitrogens with zero attached hydrogens (tertiary/aromatic N) is 2. The van der Waals surface area contributed by atoms with Gasteiger partial charge in [0.05, 0.1) is 22.2 Å². The molecule has 8 heteroatoms. The number of halogens is 3. The van der Waals surface area contributed by atoms with E-state index >= 15 is 0 Å². The lowest BCUT2D eigenvalue weighted by Crippen LogP contribution is -2.48. The van der Waals surface area contributed by atoms with Gasteiger partial charge in [-0.1, -0.05) is 34.8 Å². The van der Waals surface area contributed by atoms with E-state index in [2.05, 4.69) is 4.98 Å². The first-order chi connectivity index (χ1) is 9.97. The summed E-state index contributed by atoms with van der Waals surface area (Å²) in [6.07, 6.45) is 3.47. The Labute approximate surface area is 137 Å². The van der Waals surface area contributed by atoms with Gasteiger partial charge in [-0.25, -0.2) is 9.78 Å². The predicted octanol–water partition coefficient (Wildman–Crippen LogP) is 3.21. The number of ether oxygens (including phenoxy) is 1. The topological polar surface area (TPSA) is 59.5 Å². The number of carbonyl (C=O) groups is 2. The molecule has 0 saturated carbocycles. The van der Waals surface area contributed by atoms with Crippen LogP contribution in [0.4, 0.5) is 0 Å². The second-order valence-electron chi connectivity index (χ2n) is 4.62. The van der Waals surface area contributed by atoms with Gasteiger partial charge in [-0.2, -0.15) is 0 Å².